The summed E-state index contributed by atoms with van der Waals surface area (Å²) in [6.45, 7) is -0.215. The number of halogens is 1. The van der Waals surface area contributed by atoms with Gasteiger partial charge in [0.1, 0.15) is 0 Å². The minimum Gasteiger partial charge on any atom is -0.391 e. The average molecular weight is 199 g/mol. The van der Waals surface area contributed by atoms with Crippen LogP contribution in [-0.4, -0.2) is 23.6 Å². The molecule has 5 heteroatoms. The highest BCUT2D eigenvalue weighted by molar-refractivity contribution is 5.84. The molecule has 0 fully saturated rings. The molecule has 1 aromatic rings. The van der Waals surface area contributed by atoms with Gasteiger partial charge in [0.25, 0.3) is 0 Å². The molecule has 14 heavy (non-hydrogen) atoms. The maximum atomic E-state index is 11.1. The van der Waals surface area contributed by atoms with Crippen LogP contribution in [-0.2, 0) is 14.3 Å². The van der Waals surface area contributed by atoms with Crippen molar-refractivity contribution in [3.8, 4) is 0 Å². The number of rotatable bonds is 1. The van der Waals surface area contributed by atoms with Gasteiger partial charge in [-0.1, -0.05) is 6.07 Å². The van der Waals surface area contributed by atoms with Gasteiger partial charge in [0.05, 0.1) is 0 Å². The molecule has 0 aliphatic carbocycles. The van der Waals surface area contributed by atoms with E-state index in [4.69, 9.17) is 0 Å². The van der Waals surface area contributed by atoms with Crippen molar-refractivity contribution < 1.29 is 18.7 Å². The van der Waals surface area contributed by atoms with Crippen LogP contribution >= 0.6 is 0 Å². The van der Waals surface area contributed by atoms with Crippen LogP contribution in [0, 0.1) is 0 Å². The van der Waals surface area contributed by atoms with Gasteiger partial charge in [0.15, 0.2) is 6.67 Å². The van der Waals surface area contributed by atoms with Crippen LogP contribution in [0.1, 0.15) is 6.92 Å². The molecular formula is C9H10FNO3. The Kier molecular flexibility index (Phi) is 6.85. The van der Waals surface area contributed by atoms with Crippen molar-refractivity contribution in [2.24, 2.45) is 0 Å². The van der Waals surface area contributed by atoms with Crippen molar-refractivity contribution in [1.82, 2.24) is 4.98 Å². The number of nitrogens with zero attached hydrogens (tertiary/aromatic N) is 1. The van der Waals surface area contributed by atoms with Crippen molar-refractivity contribution in [2.75, 3.05) is 6.67 Å². The molecule has 4 nitrogen and oxygen atoms in total. The second-order valence-electron chi connectivity index (χ2n) is 2.12. The lowest BCUT2D eigenvalue weighted by atomic mass is 10.5. The highest BCUT2D eigenvalue weighted by atomic mass is 19.1. The lowest BCUT2D eigenvalue weighted by molar-refractivity contribution is -0.158. The fourth-order valence-electron chi connectivity index (χ4n) is 0.500. The molecule has 0 saturated heterocycles. The Hall–Kier alpha value is -1.78. The number of pyridine rings is 1. The largest absolute Gasteiger partial charge is 0.391 e. The Balaban J connectivity index is 0.000000249. The predicted octanol–water partition coefficient (Wildman–Crippen LogP) is 1.13. The van der Waals surface area contributed by atoms with Crippen molar-refractivity contribution in [3.63, 3.8) is 0 Å². The Bertz CT molecular complexity index is 250. The summed E-state index contributed by atoms with van der Waals surface area (Å²) in [7, 11) is 0. The summed E-state index contributed by atoms with van der Waals surface area (Å²) in [5.41, 5.74) is 0. The zero-order chi connectivity index (χ0) is 10.8. The Labute approximate surface area is 80.7 Å². The van der Waals surface area contributed by atoms with Crippen LogP contribution in [0.5, 0.6) is 0 Å². The fourth-order valence-corrected chi connectivity index (χ4v) is 0.500. The van der Waals surface area contributed by atoms with Gasteiger partial charge in [-0.05, 0) is 12.1 Å². The molecule has 1 aromatic heterocycles. The fraction of sp³-hybridized carbons (Fsp3) is 0.222. The number of aromatic nitrogens is 1. The van der Waals surface area contributed by atoms with E-state index in [0.29, 0.717) is 0 Å². The third-order valence-electron chi connectivity index (χ3n) is 0.933. The van der Waals surface area contributed by atoms with Crippen molar-refractivity contribution in [1.29, 1.82) is 0 Å². The van der Waals surface area contributed by atoms with Crippen LogP contribution in [0.2, 0.25) is 0 Å². The highest BCUT2D eigenvalue weighted by Crippen LogP contribution is 1.78. The van der Waals surface area contributed by atoms with Gasteiger partial charge >= 0.3 is 11.9 Å². The maximum Gasteiger partial charge on any atom is 0.345 e. The monoisotopic (exact) mass is 199 g/mol. The molecule has 0 unspecified atom stereocenters. The molecule has 0 aliphatic heterocycles. The number of hydrogen-bond acceptors (Lipinski definition) is 4. The van der Waals surface area contributed by atoms with Crippen LogP contribution in [0.25, 0.3) is 0 Å². The van der Waals surface area contributed by atoms with Crippen LogP contribution < -0.4 is 0 Å². The van der Waals surface area contributed by atoms with E-state index in [9.17, 15) is 14.0 Å². The van der Waals surface area contributed by atoms with Crippen molar-refractivity contribution in [3.05, 3.63) is 30.6 Å². The van der Waals surface area contributed by atoms with Gasteiger partial charge in [-0.3, -0.25) is 9.78 Å². The molecular weight excluding hydrogens is 189 g/mol. The number of carbonyl (C=O) groups is 2. The summed E-state index contributed by atoms with van der Waals surface area (Å²) in [5.74, 6) is -1.93. The quantitative estimate of drug-likeness (QED) is 0.502. The molecule has 0 radical (unpaired) electrons. The van der Waals surface area contributed by atoms with E-state index in [1.807, 2.05) is 18.2 Å². The van der Waals surface area contributed by atoms with E-state index in [-0.39, 0.29) is 0 Å². The molecule has 0 aliphatic rings. The van der Waals surface area contributed by atoms with E-state index >= 15 is 0 Å². The van der Waals surface area contributed by atoms with Gasteiger partial charge in [0.2, 0.25) is 0 Å². The first-order chi connectivity index (χ1) is 6.66. The van der Waals surface area contributed by atoms with Gasteiger partial charge in [0, 0.05) is 19.3 Å². The van der Waals surface area contributed by atoms with Crippen LogP contribution in [0.15, 0.2) is 30.6 Å². The topological polar surface area (TPSA) is 56.3 Å². The highest BCUT2D eigenvalue weighted by Gasteiger charge is 2.02. The van der Waals surface area contributed by atoms with Gasteiger partial charge in [-0.2, -0.15) is 0 Å². The molecule has 0 bridgehead atoms. The number of ether oxygens (including phenoxy) is 1. The lowest BCUT2D eigenvalue weighted by Gasteiger charge is -1.90. The average Bonchev–Trinajstić information content (AvgIpc) is 2.20. The first-order valence-corrected chi connectivity index (χ1v) is 3.79. The van der Waals surface area contributed by atoms with Crippen molar-refractivity contribution in [2.45, 2.75) is 6.92 Å². The van der Waals surface area contributed by atoms with E-state index in [0.717, 1.165) is 6.92 Å². The van der Waals surface area contributed by atoms with Gasteiger partial charge in [-0.15, -0.1) is 0 Å². The second-order valence-corrected chi connectivity index (χ2v) is 2.12. The van der Waals surface area contributed by atoms with E-state index in [1.165, 1.54) is 0 Å². The van der Waals surface area contributed by atoms with Crippen LogP contribution in [0.3, 0.4) is 0 Å². The third kappa shape index (κ3) is 8.32. The summed E-state index contributed by atoms with van der Waals surface area (Å²) >= 11 is 0. The molecule has 0 spiro atoms. The minimum absolute atomic E-state index is 0.785. The molecule has 0 atom stereocenters. The van der Waals surface area contributed by atoms with Gasteiger partial charge in [-0.25, -0.2) is 9.18 Å². The molecule has 0 aromatic carbocycles. The first-order valence-electron chi connectivity index (χ1n) is 3.79. The van der Waals surface area contributed by atoms with Crippen LogP contribution in [0.4, 0.5) is 4.39 Å². The summed E-state index contributed by atoms with van der Waals surface area (Å²) < 4.78 is 14.9. The zero-order valence-corrected chi connectivity index (χ0v) is 7.64. The SMILES string of the molecule is CC(=O)OC(=O)CF.c1ccncc1. The Morgan fingerprint density at radius 1 is 1.29 bits per heavy atom. The molecule has 0 amide bonds. The number of alkyl halides is 1. The van der Waals surface area contributed by atoms with E-state index in [2.05, 4.69) is 9.72 Å². The minimum atomic E-state index is -1.25. The zero-order valence-electron chi connectivity index (χ0n) is 7.64. The number of esters is 2. The Morgan fingerprint density at radius 2 is 1.86 bits per heavy atom. The maximum absolute atomic E-state index is 11.1. The third-order valence-corrected chi connectivity index (χ3v) is 0.933. The molecule has 1 heterocycles. The normalized spacial score (nSPS) is 8.14. The van der Waals surface area contributed by atoms with Gasteiger partial charge < -0.3 is 4.74 Å². The van der Waals surface area contributed by atoms with E-state index < -0.39 is 18.6 Å². The van der Waals surface area contributed by atoms with E-state index in [1.54, 1.807) is 12.4 Å². The number of carbonyl (C=O) groups excluding carboxylic acids is 2. The molecule has 0 N–H and O–H groups in total. The van der Waals surface area contributed by atoms with Crippen molar-refractivity contribution >= 4 is 11.9 Å². The summed E-state index contributed by atoms with van der Waals surface area (Å²) in [4.78, 5) is 23.4. The molecule has 76 valence electrons. The summed E-state index contributed by atoms with van der Waals surface area (Å²) in [6, 6.07) is 5.72. The smallest absolute Gasteiger partial charge is 0.345 e. The summed E-state index contributed by atoms with van der Waals surface area (Å²) in [6.07, 6.45) is 3.50. The number of hydrogen-bond donors (Lipinski definition) is 0. The second kappa shape index (κ2) is 7.85. The standard InChI is InChI=1S/C5H5N.C4H5FO3/c1-2-4-6-5-3-1;1-3(6)8-4(7)2-5/h1-5H;2H2,1H3. The summed E-state index contributed by atoms with van der Waals surface area (Å²) in [5, 5.41) is 0. The first kappa shape index (κ1) is 12.2. The Morgan fingerprint density at radius 3 is 2.00 bits per heavy atom. The molecule has 0 saturated carbocycles. The predicted molar refractivity (Wildman–Crippen MR) is 47.0 cm³/mol. The molecule has 1 rings (SSSR count). The lowest BCUT2D eigenvalue weighted by Crippen LogP contribution is -2.09.